The van der Waals surface area contributed by atoms with E-state index in [4.69, 9.17) is 19.2 Å². The summed E-state index contributed by atoms with van der Waals surface area (Å²) >= 11 is 0. The molecule has 0 aromatic heterocycles. The second kappa shape index (κ2) is 13.2. The van der Waals surface area contributed by atoms with Crippen LogP contribution >= 0.6 is 24.0 Å². The minimum Gasteiger partial charge on any atom is -0.497 e. The number of ether oxygens (including phenoxy) is 3. The van der Waals surface area contributed by atoms with Crippen molar-refractivity contribution in [3.63, 3.8) is 0 Å². The van der Waals surface area contributed by atoms with Gasteiger partial charge in [-0.05, 0) is 58.1 Å². The number of hydrogen-bond donors (Lipinski definition) is 1. The van der Waals surface area contributed by atoms with E-state index in [0.717, 1.165) is 75.1 Å². The van der Waals surface area contributed by atoms with Crippen molar-refractivity contribution in [2.45, 2.75) is 58.6 Å². The molecule has 1 aromatic carbocycles. The van der Waals surface area contributed by atoms with E-state index in [2.05, 4.69) is 30.1 Å². The van der Waals surface area contributed by atoms with Crippen molar-refractivity contribution in [1.29, 1.82) is 0 Å². The van der Waals surface area contributed by atoms with Gasteiger partial charge in [0.05, 0.1) is 26.4 Å². The summed E-state index contributed by atoms with van der Waals surface area (Å²) in [5.41, 5.74) is 1.11. The monoisotopic (exact) mass is 531 g/mol. The van der Waals surface area contributed by atoms with Crippen molar-refractivity contribution in [2.75, 3.05) is 40.0 Å². The van der Waals surface area contributed by atoms with Gasteiger partial charge in [-0.2, -0.15) is 0 Å². The topological polar surface area (TPSA) is 55.3 Å². The Hall–Kier alpha value is -1.22. The van der Waals surface area contributed by atoms with E-state index in [1.54, 1.807) is 7.11 Å². The van der Waals surface area contributed by atoms with Crippen molar-refractivity contribution >= 4 is 29.9 Å². The Kier molecular flexibility index (Phi) is 11.1. The predicted molar refractivity (Wildman–Crippen MR) is 132 cm³/mol. The molecule has 1 saturated carbocycles. The molecule has 0 spiro atoms. The number of likely N-dealkylation sites (tertiary alicyclic amines) is 1. The number of aliphatic imine (C=N–C) groups is 1. The van der Waals surface area contributed by atoms with Crippen molar-refractivity contribution < 1.29 is 14.2 Å². The molecule has 7 heteroatoms. The Morgan fingerprint density at radius 3 is 2.70 bits per heavy atom. The molecular formula is C23H38IN3O3. The van der Waals surface area contributed by atoms with E-state index in [1.807, 2.05) is 12.1 Å². The first-order valence-corrected chi connectivity index (χ1v) is 11.2. The minimum absolute atomic E-state index is 0. The summed E-state index contributed by atoms with van der Waals surface area (Å²) in [6.45, 7) is 9.28. The molecule has 170 valence electrons. The zero-order valence-electron chi connectivity index (χ0n) is 18.7. The van der Waals surface area contributed by atoms with Crippen LogP contribution in [0.3, 0.4) is 0 Å². The number of nitrogens with one attached hydrogen (secondary N) is 1. The third kappa shape index (κ3) is 7.18. The maximum Gasteiger partial charge on any atom is 0.194 e. The number of rotatable bonds is 9. The summed E-state index contributed by atoms with van der Waals surface area (Å²) in [6.07, 6.45) is 6.25. The zero-order valence-corrected chi connectivity index (χ0v) is 21.0. The van der Waals surface area contributed by atoms with E-state index in [9.17, 15) is 0 Å². The lowest BCUT2D eigenvalue weighted by molar-refractivity contribution is 0.114. The average Bonchev–Trinajstić information content (AvgIpc) is 3.42. The van der Waals surface area contributed by atoms with Crippen LogP contribution in [0.1, 0.15) is 51.5 Å². The molecule has 1 atom stereocenters. The van der Waals surface area contributed by atoms with Gasteiger partial charge in [0.1, 0.15) is 11.5 Å². The van der Waals surface area contributed by atoms with Crippen LogP contribution in [0.4, 0.5) is 0 Å². The zero-order chi connectivity index (χ0) is 20.5. The quantitative estimate of drug-likeness (QED) is 0.290. The molecule has 1 heterocycles. The first-order chi connectivity index (χ1) is 14.2. The van der Waals surface area contributed by atoms with Gasteiger partial charge in [-0.1, -0.05) is 0 Å². The second-order valence-corrected chi connectivity index (χ2v) is 7.93. The second-order valence-electron chi connectivity index (χ2n) is 7.93. The van der Waals surface area contributed by atoms with Crippen LogP contribution in [-0.2, 0) is 11.3 Å². The molecule has 2 fully saturated rings. The third-order valence-corrected chi connectivity index (χ3v) is 5.75. The molecule has 1 aliphatic heterocycles. The molecule has 1 N–H and O–H groups in total. The van der Waals surface area contributed by atoms with E-state index in [-0.39, 0.29) is 24.0 Å². The molecule has 1 saturated heterocycles. The van der Waals surface area contributed by atoms with Crippen molar-refractivity contribution in [1.82, 2.24) is 10.2 Å². The van der Waals surface area contributed by atoms with Crippen LogP contribution in [-0.4, -0.2) is 56.9 Å². The Balaban J connectivity index is 0.00000320. The van der Waals surface area contributed by atoms with Gasteiger partial charge < -0.3 is 24.4 Å². The van der Waals surface area contributed by atoms with Crippen molar-refractivity contribution in [3.8, 4) is 11.5 Å². The van der Waals surface area contributed by atoms with Gasteiger partial charge in [0, 0.05) is 43.8 Å². The van der Waals surface area contributed by atoms with Gasteiger partial charge in [0.2, 0.25) is 0 Å². The fourth-order valence-corrected chi connectivity index (χ4v) is 4.12. The maximum absolute atomic E-state index is 6.33. The molecule has 1 aliphatic carbocycles. The molecule has 30 heavy (non-hydrogen) atoms. The lowest BCUT2D eigenvalue weighted by Crippen LogP contribution is -2.40. The first-order valence-electron chi connectivity index (χ1n) is 11.2. The highest BCUT2D eigenvalue weighted by Gasteiger charge is 2.25. The largest absolute Gasteiger partial charge is 0.497 e. The van der Waals surface area contributed by atoms with Crippen molar-refractivity contribution in [2.24, 2.45) is 10.9 Å². The smallest absolute Gasteiger partial charge is 0.194 e. The molecule has 6 nitrogen and oxygen atoms in total. The third-order valence-electron chi connectivity index (χ3n) is 5.75. The Morgan fingerprint density at radius 2 is 2.00 bits per heavy atom. The number of nitrogens with zero attached hydrogens (tertiary/aromatic N) is 2. The van der Waals surface area contributed by atoms with Crippen LogP contribution in [0, 0.1) is 5.92 Å². The Bertz CT molecular complexity index is 665. The normalized spacial score (nSPS) is 19.6. The predicted octanol–water partition coefficient (Wildman–Crippen LogP) is 4.46. The number of hydrogen-bond acceptors (Lipinski definition) is 4. The first kappa shape index (κ1) is 25.0. The lowest BCUT2D eigenvalue weighted by atomic mass is 10.1. The van der Waals surface area contributed by atoms with Crippen molar-refractivity contribution in [3.05, 3.63) is 23.8 Å². The number of guanidine groups is 1. The Morgan fingerprint density at radius 1 is 1.20 bits per heavy atom. The molecule has 0 amide bonds. The van der Waals surface area contributed by atoms with Crippen LogP contribution in [0.15, 0.2) is 23.2 Å². The van der Waals surface area contributed by atoms with E-state index in [0.29, 0.717) is 18.6 Å². The number of benzene rings is 1. The van der Waals surface area contributed by atoms with Crippen LogP contribution < -0.4 is 14.8 Å². The maximum atomic E-state index is 6.33. The summed E-state index contributed by atoms with van der Waals surface area (Å²) in [7, 11) is 1.70. The molecule has 0 radical (unpaired) electrons. The molecule has 2 aliphatic rings. The standard InChI is InChI=1S/C23H37N3O3.HI/c1-4-24-23(26-13-12-18(16-26)17-28-5-2)25-15-19-10-11-21(27-3)14-22(19)29-20-8-6-7-9-20;/h10-11,14,18,20H,4-9,12-13,15-17H2,1-3H3,(H,24,25);1H. The number of methoxy groups -OCH3 is 1. The van der Waals surface area contributed by atoms with E-state index >= 15 is 0 Å². The van der Waals surface area contributed by atoms with Gasteiger partial charge >= 0.3 is 0 Å². The summed E-state index contributed by atoms with van der Waals surface area (Å²) < 4.78 is 17.4. The average molecular weight is 531 g/mol. The highest BCUT2D eigenvalue weighted by Crippen LogP contribution is 2.30. The highest BCUT2D eigenvalue weighted by atomic mass is 127. The molecule has 1 aromatic rings. The fraction of sp³-hybridized carbons (Fsp3) is 0.696. The van der Waals surface area contributed by atoms with Gasteiger partial charge in [0.15, 0.2) is 5.96 Å². The SMILES string of the molecule is CCNC(=NCc1ccc(OC)cc1OC1CCCC1)N1CCC(COCC)C1.I. The van der Waals surface area contributed by atoms with Crippen LogP contribution in [0.2, 0.25) is 0 Å². The van der Waals surface area contributed by atoms with Gasteiger partial charge in [0.25, 0.3) is 0 Å². The van der Waals surface area contributed by atoms with Crippen LogP contribution in [0.25, 0.3) is 0 Å². The summed E-state index contributed by atoms with van der Waals surface area (Å²) in [4.78, 5) is 7.30. The van der Waals surface area contributed by atoms with Gasteiger partial charge in [-0.3, -0.25) is 0 Å². The molecule has 1 unspecified atom stereocenters. The highest BCUT2D eigenvalue weighted by molar-refractivity contribution is 14.0. The summed E-state index contributed by atoms with van der Waals surface area (Å²) in [6, 6.07) is 6.08. The minimum atomic E-state index is 0. The summed E-state index contributed by atoms with van der Waals surface area (Å²) in [5, 5.41) is 3.46. The van der Waals surface area contributed by atoms with Gasteiger partial charge in [-0.25, -0.2) is 4.99 Å². The van der Waals surface area contributed by atoms with Crippen LogP contribution in [0.5, 0.6) is 11.5 Å². The number of halogens is 1. The molecule has 0 bridgehead atoms. The molecule has 3 rings (SSSR count). The Labute approximate surface area is 198 Å². The van der Waals surface area contributed by atoms with E-state index < -0.39 is 0 Å². The van der Waals surface area contributed by atoms with E-state index in [1.165, 1.54) is 12.8 Å². The van der Waals surface area contributed by atoms with Gasteiger partial charge in [-0.15, -0.1) is 24.0 Å². The summed E-state index contributed by atoms with van der Waals surface area (Å²) in [5.74, 6) is 3.30. The molecular weight excluding hydrogens is 493 g/mol. The fourth-order valence-electron chi connectivity index (χ4n) is 4.12. The lowest BCUT2D eigenvalue weighted by Gasteiger charge is -2.22.